The van der Waals surface area contributed by atoms with Gasteiger partial charge in [0.05, 0.1) is 0 Å². The Hall–Kier alpha value is -0.241. The molecule has 1 nitrogen and oxygen atoms in total. The Labute approximate surface area is 83.1 Å². The number of benzene rings is 1. The van der Waals surface area contributed by atoms with Crippen molar-refractivity contribution in [3.63, 3.8) is 0 Å². The first-order valence-electron chi connectivity index (χ1n) is 3.55. The summed E-state index contributed by atoms with van der Waals surface area (Å²) < 4.78 is 1.44. The van der Waals surface area contributed by atoms with Gasteiger partial charge in [-0.2, -0.15) is 0 Å². The molecule has 0 unspecified atom stereocenters. The zero-order chi connectivity index (χ0) is 8.97. The molecule has 0 fully saturated rings. The topological polar surface area (TPSA) is 17.1 Å². The van der Waals surface area contributed by atoms with Gasteiger partial charge in [-0.3, -0.25) is 0 Å². The van der Waals surface area contributed by atoms with Gasteiger partial charge < -0.3 is 0 Å². The van der Waals surface area contributed by atoms with Crippen LogP contribution in [0.15, 0.2) is 29.2 Å². The van der Waals surface area contributed by atoms with Crippen molar-refractivity contribution >= 4 is 35.9 Å². The van der Waals surface area contributed by atoms with Crippen molar-refractivity contribution < 1.29 is 4.79 Å². The van der Waals surface area contributed by atoms with Crippen LogP contribution in [0.2, 0.25) is 0 Å². The third-order valence-electron chi connectivity index (χ3n) is 1.32. The number of hydrogen-bond acceptors (Lipinski definition) is 2. The molecule has 0 atom stereocenters. The average Bonchev–Trinajstić information content (AvgIpc) is 2.05. The Morgan fingerprint density at radius 3 is 2.33 bits per heavy atom. The van der Waals surface area contributed by atoms with E-state index in [1.54, 1.807) is 18.7 Å². The molecule has 0 bridgehead atoms. The van der Waals surface area contributed by atoms with E-state index in [0.29, 0.717) is 0 Å². The van der Waals surface area contributed by atoms with Crippen LogP contribution in [0.3, 0.4) is 0 Å². The molecular weight excluding hydrogens is 235 g/mol. The number of thioether (sulfide) groups is 1. The maximum absolute atomic E-state index is 10.8. The minimum atomic E-state index is 0.0109. The predicted molar refractivity (Wildman–Crippen MR) is 54.3 cm³/mol. The molecule has 3 heteroatoms. The second-order valence-corrected chi connectivity index (χ2v) is 5.77. The summed E-state index contributed by atoms with van der Waals surface area (Å²) in [5.74, 6) is 0. The van der Waals surface area contributed by atoms with Gasteiger partial charge in [-0.15, -0.1) is 0 Å². The summed E-state index contributed by atoms with van der Waals surface area (Å²) in [6.07, 6.45) is 2.05. The summed E-state index contributed by atoms with van der Waals surface area (Å²) in [4.78, 5) is 12.0. The normalized spacial score (nSPS) is 9.83. The minimum absolute atomic E-state index is 0.0109. The Kier molecular flexibility index (Phi) is 3.86. The Morgan fingerprint density at radius 1 is 1.33 bits per heavy atom. The fraction of sp³-hybridized carbons (Fsp3) is 0.222. The van der Waals surface area contributed by atoms with Gasteiger partial charge in [0.1, 0.15) is 0 Å². The fourth-order valence-corrected chi connectivity index (χ4v) is 2.49. The summed E-state index contributed by atoms with van der Waals surface area (Å²) in [5, 5.41) is 0. The number of hydrogen-bond donors (Lipinski definition) is 0. The van der Waals surface area contributed by atoms with Crippen molar-refractivity contribution in [1.29, 1.82) is 0 Å². The first-order chi connectivity index (χ1) is 5.72. The van der Waals surface area contributed by atoms with Gasteiger partial charge in [-0.05, 0) is 0 Å². The van der Waals surface area contributed by atoms with E-state index in [1.165, 1.54) is 4.90 Å². The van der Waals surface area contributed by atoms with Crippen molar-refractivity contribution in [2.24, 2.45) is 0 Å². The summed E-state index contributed by atoms with van der Waals surface area (Å²) in [7, 11) is 0. The van der Waals surface area contributed by atoms with E-state index in [9.17, 15) is 4.79 Å². The van der Waals surface area contributed by atoms with E-state index in [1.807, 2.05) is 18.4 Å². The van der Waals surface area contributed by atoms with Crippen LogP contribution in [-0.4, -0.2) is 25.9 Å². The molecule has 0 aliphatic rings. The molecule has 0 aliphatic carbocycles. The van der Waals surface area contributed by atoms with Gasteiger partial charge in [0.2, 0.25) is 0 Å². The molecule has 1 aromatic rings. The van der Waals surface area contributed by atoms with E-state index in [-0.39, 0.29) is 19.6 Å². The van der Waals surface area contributed by atoms with Crippen LogP contribution in [0.5, 0.6) is 0 Å². The summed E-state index contributed by atoms with van der Waals surface area (Å²) in [6.45, 7) is 1.64. The molecule has 0 N–H and O–H groups in total. The van der Waals surface area contributed by atoms with Gasteiger partial charge in [0.25, 0.3) is 0 Å². The molecule has 12 heavy (non-hydrogen) atoms. The second kappa shape index (κ2) is 4.70. The van der Waals surface area contributed by atoms with Gasteiger partial charge >= 0.3 is 83.0 Å². The predicted octanol–water partition coefficient (Wildman–Crippen LogP) is 1.28. The SMILES string of the molecule is CSc1ccc([Se]C(C)=O)cc1. The van der Waals surface area contributed by atoms with Crippen LogP contribution in [-0.2, 0) is 4.79 Å². The monoisotopic (exact) mass is 246 g/mol. The van der Waals surface area contributed by atoms with Gasteiger partial charge in [-0.25, -0.2) is 0 Å². The number of carbonyl (C=O) groups is 1. The molecule has 0 heterocycles. The summed E-state index contributed by atoms with van der Waals surface area (Å²) in [5.41, 5.74) is 0. The third-order valence-corrected chi connectivity index (χ3v) is 3.73. The molecule has 1 aromatic carbocycles. The molecule has 0 saturated carbocycles. The van der Waals surface area contributed by atoms with Crippen LogP contribution < -0.4 is 4.46 Å². The Balaban J connectivity index is 2.71. The average molecular weight is 245 g/mol. The van der Waals surface area contributed by atoms with Crippen LogP contribution in [0, 0.1) is 0 Å². The van der Waals surface area contributed by atoms with Gasteiger partial charge in [0.15, 0.2) is 0 Å². The van der Waals surface area contributed by atoms with E-state index >= 15 is 0 Å². The van der Waals surface area contributed by atoms with Crippen molar-refractivity contribution in [3.05, 3.63) is 24.3 Å². The number of rotatable bonds is 3. The van der Waals surface area contributed by atoms with E-state index in [0.717, 1.165) is 4.46 Å². The maximum atomic E-state index is 10.8. The van der Waals surface area contributed by atoms with E-state index < -0.39 is 0 Å². The van der Waals surface area contributed by atoms with Crippen LogP contribution >= 0.6 is 11.8 Å². The third kappa shape index (κ3) is 3.02. The molecule has 64 valence electrons. The molecule has 0 saturated heterocycles. The van der Waals surface area contributed by atoms with Crippen LogP contribution in [0.4, 0.5) is 0 Å². The number of carbonyl (C=O) groups excluding carboxylic acids is 1. The van der Waals surface area contributed by atoms with Crippen molar-refractivity contribution in [2.75, 3.05) is 6.26 Å². The summed E-state index contributed by atoms with van der Waals surface area (Å²) >= 11 is 1.73. The van der Waals surface area contributed by atoms with Crippen molar-refractivity contribution in [3.8, 4) is 0 Å². The zero-order valence-corrected chi connectivity index (χ0v) is 9.56. The zero-order valence-electron chi connectivity index (χ0n) is 7.03. The molecule has 0 radical (unpaired) electrons. The van der Waals surface area contributed by atoms with Crippen molar-refractivity contribution in [2.45, 2.75) is 11.8 Å². The first kappa shape index (κ1) is 9.84. The molecule has 0 amide bonds. The summed E-state index contributed by atoms with van der Waals surface area (Å²) in [6, 6.07) is 8.19. The quantitative estimate of drug-likeness (QED) is 0.589. The van der Waals surface area contributed by atoms with E-state index in [2.05, 4.69) is 12.1 Å². The van der Waals surface area contributed by atoms with Gasteiger partial charge in [0, 0.05) is 0 Å². The fourth-order valence-electron chi connectivity index (χ4n) is 0.810. The molecule has 0 aliphatic heterocycles. The molecule has 0 spiro atoms. The first-order valence-corrected chi connectivity index (χ1v) is 6.48. The van der Waals surface area contributed by atoms with Crippen LogP contribution in [0.25, 0.3) is 0 Å². The van der Waals surface area contributed by atoms with E-state index in [4.69, 9.17) is 0 Å². The second-order valence-electron chi connectivity index (χ2n) is 2.27. The Morgan fingerprint density at radius 2 is 1.92 bits per heavy atom. The molecular formula is C9H10OSSe. The van der Waals surface area contributed by atoms with Gasteiger partial charge in [-0.1, -0.05) is 0 Å². The molecule has 0 aromatic heterocycles. The van der Waals surface area contributed by atoms with Crippen molar-refractivity contribution in [1.82, 2.24) is 0 Å². The van der Waals surface area contributed by atoms with Crippen LogP contribution in [0.1, 0.15) is 6.92 Å². The Bertz CT molecular complexity index is 268. The molecule has 1 rings (SSSR count). The standard InChI is InChI=1S/C9H10OSSe/c1-7(10)12-9-5-3-8(11-2)4-6-9/h3-6H,1-2H3.